The van der Waals surface area contributed by atoms with Crippen LogP contribution in [0.2, 0.25) is 0 Å². The summed E-state index contributed by atoms with van der Waals surface area (Å²) in [6.45, 7) is -0.241. The Kier molecular flexibility index (Phi) is 3.66. The number of carboxylic acid groups (broad SMARTS) is 1. The van der Waals surface area contributed by atoms with E-state index in [1.165, 1.54) is 18.3 Å². The first-order valence-corrected chi connectivity index (χ1v) is 4.20. The lowest BCUT2D eigenvalue weighted by Crippen LogP contribution is -2.22. The van der Waals surface area contributed by atoms with E-state index in [9.17, 15) is 4.79 Å². The topological polar surface area (TPSA) is 82.5 Å². The van der Waals surface area contributed by atoms with Crippen molar-refractivity contribution < 1.29 is 15.0 Å². The number of carboxylic acids is 1. The summed E-state index contributed by atoms with van der Waals surface area (Å²) in [6, 6.07) is 2.15. The molecule has 0 saturated heterocycles. The van der Waals surface area contributed by atoms with Crippen molar-refractivity contribution in [2.45, 2.75) is 6.04 Å². The first kappa shape index (κ1) is 11.0. The largest absolute Gasteiger partial charge is 0.478 e. The lowest BCUT2D eigenvalue weighted by Gasteiger charge is -2.10. The number of anilines is 1. The van der Waals surface area contributed by atoms with Crippen LogP contribution in [-0.4, -0.2) is 33.8 Å². The zero-order valence-electron chi connectivity index (χ0n) is 7.84. The van der Waals surface area contributed by atoms with E-state index in [-0.39, 0.29) is 12.2 Å². The van der Waals surface area contributed by atoms with Gasteiger partial charge < -0.3 is 15.5 Å². The molecule has 78 valence electrons. The summed E-state index contributed by atoms with van der Waals surface area (Å²) in [5, 5.41) is 20.2. The molecule has 1 heterocycles. The standard InChI is InChI=1S/C10H10N2O3/c1-2-8(6-13)12-9-5-7(10(14)15)3-4-11-9/h1,3-5,8,13H,6H2,(H,11,12)(H,14,15). The van der Waals surface area contributed by atoms with E-state index in [1.807, 2.05) is 0 Å². The van der Waals surface area contributed by atoms with Crippen LogP contribution in [0.15, 0.2) is 18.3 Å². The number of hydrogen-bond donors (Lipinski definition) is 3. The molecule has 0 aliphatic rings. The van der Waals surface area contributed by atoms with Gasteiger partial charge >= 0.3 is 5.97 Å². The molecule has 1 aromatic heterocycles. The Labute approximate surface area is 86.8 Å². The number of carbonyl (C=O) groups is 1. The highest BCUT2D eigenvalue weighted by molar-refractivity contribution is 5.88. The molecule has 1 atom stereocenters. The zero-order chi connectivity index (χ0) is 11.3. The summed E-state index contributed by atoms with van der Waals surface area (Å²) in [6.07, 6.45) is 6.47. The monoisotopic (exact) mass is 206 g/mol. The van der Waals surface area contributed by atoms with Crippen molar-refractivity contribution in [3.63, 3.8) is 0 Å². The van der Waals surface area contributed by atoms with E-state index in [2.05, 4.69) is 16.2 Å². The lowest BCUT2D eigenvalue weighted by atomic mass is 10.2. The number of nitrogens with zero attached hydrogens (tertiary/aromatic N) is 1. The molecular formula is C10H10N2O3. The molecule has 5 heteroatoms. The van der Waals surface area contributed by atoms with Gasteiger partial charge in [0, 0.05) is 6.20 Å². The number of aliphatic hydroxyl groups is 1. The molecule has 0 saturated carbocycles. The van der Waals surface area contributed by atoms with E-state index in [1.54, 1.807) is 0 Å². The molecule has 1 aromatic rings. The number of nitrogens with one attached hydrogen (secondary N) is 1. The molecule has 5 nitrogen and oxygen atoms in total. The van der Waals surface area contributed by atoms with Crippen LogP contribution >= 0.6 is 0 Å². The Balaban J connectivity index is 2.83. The highest BCUT2D eigenvalue weighted by Crippen LogP contribution is 2.07. The van der Waals surface area contributed by atoms with E-state index >= 15 is 0 Å². The molecule has 0 aromatic carbocycles. The van der Waals surface area contributed by atoms with Gasteiger partial charge in [-0.3, -0.25) is 0 Å². The molecule has 1 rings (SSSR count). The van der Waals surface area contributed by atoms with Crippen LogP contribution in [0.25, 0.3) is 0 Å². The molecule has 0 amide bonds. The maximum absolute atomic E-state index is 10.6. The SMILES string of the molecule is C#CC(CO)Nc1cc(C(=O)O)ccn1. The first-order valence-electron chi connectivity index (χ1n) is 4.20. The number of aromatic carboxylic acids is 1. The van der Waals surface area contributed by atoms with Gasteiger partial charge in [0.1, 0.15) is 11.9 Å². The van der Waals surface area contributed by atoms with Crippen LogP contribution in [0.3, 0.4) is 0 Å². The minimum absolute atomic E-state index is 0.112. The van der Waals surface area contributed by atoms with E-state index in [0.29, 0.717) is 5.82 Å². The molecule has 0 aliphatic carbocycles. The van der Waals surface area contributed by atoms with Crippen molar-refractivity contribution in [1.29, 1.82) is 0 Å². The number of aliphatic hydroxyl groups excluding tert-OH is 1. The predicted molar refractivity (Wildman–Crippen MR) is 54.5 cm³/mol. The van der Waals surface area contributed by atoms with Gasteiger partial charge in [-0.1, -0.05) is 5.92 Å². The van der Waals surface area contributed by atoms with Crippen molar-refractivity contribution in [3.8, 4) is 12.3 Å². The summed E-state index contributed by atoms with van der Waals surface area (Å²) >= 11 is 0. The molecule has 0 spiro atoms. The van der Waals surface area contributed by atoms with Gasteiger partial charge in [-0.2, -0.15) is 0 Å². The first-order chi connectivity index (χ1) is 7.17. The molecular weight excluding hydrogens is 196 g/mol. The molecule has 0 bridgehead atoms. The van der Waals surface area contributed by atoms with E-state index in [0.717, 1.165) is 0 Å². The minimum atomic E-state index is -1.04. The average molecular weight is 206 g/mol. The van der Waals surface area contributed by atoms with Crippen LogP contribution in [0, 0.1) is 12.3 Å². The van der Waals surface area contributed by atoms with Gasteiger partial charge in [-0.15, -0.1) is 6.42 Å². The second kappa shape index (κ2) is 4.98. The number of hydrogen-bond acceptors (Lipinski definition) is 4. The minimum Gasteiger partial charge on any atom is -0.478 e. The van der Waals surface area contributed by atoms with Gasteiger partial charge in [0.15, 0.2) is 0 Å². The molecule has 3 N–H and O–H groups in total. The third-order valence-electron chi connectivity index (χ3n) is 1.71. The Bertz CT molecular complexity index is 398. The van der Waals surface area contributed by atoms with Crippen LogP contribution in [-0.2, 0) is 0 Å². The second-order valence-electron chi connectivity index (χ2n) is 2.78. The molecule has 0 radical (unpaired) electrons. The normalized spacial score (nSPS) is 11.5. The van der Waals surface area contributed by atoms with Gasteiger partial charge in [0.25, 0.3) is 0 Å². The fourth-order valence-electron chi connectivity index (χ4n) is 0.961. The zero-order valence-corrected chi connectivity index (χ0v) is 7.84. The lowest BCUT2D eigenvalue weighted by molar-refractivity contribution is 0.0697. The molecule has 0 fully saturated rings. The van der Waals surface area contributed by atoms with Crippen molar-refractivity contribution >= 4 is 11.8 Å². The summed E-state index contributed by atoms with van der Waals surface area (Å²) in [5.41, 5.74) is 0.112. The van der Waals surface area contributed by atoms with E-state index < -0.39 is 12.0 Å². The van der Waals surface area contributed by atoms with Crippen LogP contribution in [0.4, 0.5) is 5.82 Å². The van der Waals surface area contributed by atoms with Gasteiger partial charge in [-0.05, 0) is 12.1 Å². The average Bonchev–Trinajstić information content (AvgIpc) is 2.26. The van der Waals surface area contributed by atoms with Gasteiger partial charge in [-0.25, -0.2) is 9.78 Å². The smallest absolute Gasteiger partial charge is 0.335 e. The van der Waals surface area contributed by atoms with Crippen LogP contribution in [0.5, 0.6) is 0 Å². The third-order valence-corrected chi connectivity index (χ3v) is 1.71. The fourth-order valence-corrected chi connectivity index (χ4v) is 0.961. The highest BCUT2D eigenvalue weighted by atomic mass is 16.4. The van der Waals surface area contributed by atoms with Crippen molar-refractivity contribution in [2.75, 3.05) is 11.9 Å². The Morgan fingerprint density at radius 1 is 1.73 bits per heavy atom. The number of rotatable bonds is 4. The quantitative estimate of drug-likeness (QED) is 0.612. The molecule has 0 aliphatic heterocycles. The number of pyridine rings is 1. The summed E-state index contributed by atoms with van der Waals surface area (Å²) in [4.78, 5) is 14.5. The maximum atomic E-state index is 10.6. The Morgan fingerprint density at radius 2 is 2.47 bits per heavy atom. The number of aromatic nitrogens is 1. The van der Waals surface area contributed by atoms with E-state index in [4.69, 9.17) is 16.6 Å². The third kappa shape index (κ3) is 2.97. The summed E-state index contributed by atoms with van der Waals surface area (Å²) < 4.78 is 0. The second-order valence-corrected chi connectivity index (χ2v) is 2.78. The number of terminal acetylenes is 1. The van der Waals surface area contributed by atoms with Crippen LogP contribution < -0.4 is 5.32 Å². The highest BCUT2D eigenvalue weighted by Gasteiger charge is 2.07. The maximum Gasteiger partial charge on any atom is 0.335 e. The van der Waals surface area contributed by atoms with Crippen molar-refractivity contribution in [2.24, 2.45) is 0 Å². The predicted octanol–water partition coefficient (Wildman–Crippen LogP) is 0.186. The molecule has 1 unspecified atom stereocenters. The molecule has 15 heavy (non-hydrogen) atoms. The fraction of sp³-hybridized carbons (Fsp3) is 0.200. The van der Waals surface area contributed by atoms with Crippen molar-refractivity contribution in [3.05, 3.63) is 23.9 Å². The summed E-state index contributed by atoms with van der Waals surface area (Å²) in [7, 11) is 0. The Morgan fingerprint density at radius 3 is 3.00 bits per heavy atom. The van der Waals surface area contributed by atoms with Gasteiger partial charge in [0.2, 0.25) is 0 Å². The van der Waals surface area contributed by atoms with Crippen LogP contribution in [0.1, 0.15) is 10.4 Å². The van der Waals surface area contributed by atoms with Gasteiger partial charge in [0.05, 0.1) is 12.2 Å². The Hall–Kier alpha value is -2.06. The van der Waals surface area contributed by atoms with Crippen molar-refractivity contribution in [1.82, 2.24) is 4.98 Å². The summed E-state index contributed by atoms with van der Waals surface area (Å²) in [5.74, 6) is 1.59.